The summed E-state index contributed by atoms with van der Waals surface area (Å²) in [6.07, 6.45) is 1.82. The Labute approximate surface area is 185 Å². The van der Waals surface area contributed by atoms with Gasteiger partial charge in [0.2, 0.25) is 0 Å². The van der Waals surface area contributed by atoms with Crippen molar-refractivity contribution in [3.63, 3.8) is 0 Å². The molecule has 0 saturated carbocycles. The van der Waals surface area contributed by atoms with Gasteiger partial charge in [-0.2, -0.15) is 0 Å². The van der Waals surface area contributed by atoms with Gasteiger partial charge in [0.1, 0.15) is 23.4 Å². The lowest BCUT2D eigenvalue weighted by molar-refractivity contribution is 0.130. The molecule has 4 aromatic rings. The van der Waals surface area contributed by atoms with Gasteiger partial charge in [0.15, 0.2) is 5.82 Å². The van der Waals surface area contributed by atoms with Crippen molar-refractivity contribution in [1.82, 2.24) is 9.97 Å². The highest BCUT2D eigenvalue weighted by Crippen LogP contribution is 2.36. The van der Waals surface area contributed by atoms with Gasteiger partial charge in [-0.3, -0.25) is 0 Å². The molecular weight excluding hydrogens is 445 g/mol. The van der Waals surface area contributed by atoms with E-state index >= 15 is 4.39 Å². The third kappa shape index (κ3) is 4.25. The predicted octanol–water partition coefficient (Wildman–Crippen LogP) is 6.01. The fourth-order valence-corrected chi connectivity index (χ4v) is 3.50. The number of methoxy groups -OCH3 is 1. The first kappa shape index (κ1) is 21.7. The molecule has 0 fully saturated rings. The monoisotopic (exact) mass is 460 g/mol. The number of rotatable bonds is 5. The van der Waals surface area contributed by atoms with Crippen LogP contribution in [0.3, 0.4) is 0 Å². The number of pyridine rings is 1. The first-order chi connectivity index (χ1) is 15.4. The number of aromatic nitrogens is 2. The average Bonchev–Trinajstić information content (AvgIpc) is 3.17. The van der Waals surface area contributed by atoms with Crippen LogP contribution in [0.1, 0.15) is 17.2 Å². The van der Waals surface area contributed by atoms with Crippen LogP contribution in [-0.2, 0) is 4.74 Å². The van der Waals surface area contributed by atoms with Crippen molar-refractivity contribution < 1.29 is 22.7 Å². The minimum Gasteiger partial charge on any atom is -0.372 e. The van der Waals surface area contributed by atoms with Crippen LogP contribution in [0.25, 0.3) is 11.0 Å². The molecule has 4 rings (SSSR count). The molecule has 0 bridgehead atoms. The van der Waals surface area contributed by atoms with Crippen LogP contribution < -0.4 is 10.6 Å². The van der Waals surface area contributed by atoms with Gasteiger partial charge in [-0.05, 0) is 42.5 Å². The Hall–Kier alpha value is -3.56. The third-order valence-corrected chi connectivity index (χ3v) is 4.99. The van der Waals surface area contributed by atoms with Crippen molar-refractivity contribution in [2.45, 2.75) is 6.10 Å². The van der Waals surface area contributed by atoms with Crippen LogP contribution in [0.2, 0.25) is 5.02 Å². The molecule has 2 aromatic heterocycles. The number of carbonyl (C=O) groups is 1. The largest absolute Gasteiger partial charge is 0.372 e. The molecule has 10 heteroatoms. The Kier molecular flexibility index (Phi) is 6.02. The topological polar surface area (TPSA) is 79.0 Å². The molecule has 1 atom stereocenters. The third-order valence-electron chi connectivity index (χ3n) is 4.79. The van der Waals surface area contributed by atoms with E-state index in [9.17, 15) is 13.6 Å². The minimum absolute atomic E-state index is 0.265. The average molecular weight is 461 g/mol. The van der Waals surface area contributed by atoms with Crippen molar-refractivity contribution in [2.75, 3.05) is 17.7 Å². The molecular formula is C22H16ClF3N4O2. The van der Waals surface area contributed by atoms with Crippen LogP contribution >= 0.6 is 11.6 Å². The number of halogens is 4. The van der Waals surface area contributed by atoms with Crippen molar-refractivity contribution in [3.05, 3.63) is 88.5 Å². The smallest absolute Gasteiger partial charge is 0.323 e. The number of benzene rings is 2. The van der Waals surface area contributed by atoms with Crippen LogP contribution in [0, 0.1) is 17.5 Å². The maximum Gasteiger partial charge on any atom is 0.323 e. The van der Waals surface area contributed by atoms with Crippen LogP contribution in [0.15, 0.2) is 54.9 Å². The summed E-state index contributed by atoms with van der Waals surface area (Å²) in [6, 6.07) is 7.96. The van der Waals surface area contributed by atoms with Gasteiger partial charge in [0.05, 0.1) is 16.3 Å². The number of amides is 2. The number of hydrogen-bond donors (Lipinski definition) is 3. The number of nitrogens with one attached hydrogen (secondary N) is 3. The highest BCUT2D eigenvalue weighted by Gasteiger charge is 2.27. The van der Waals surface area contributed by atoms with Gasteiger partial charge in [0.25, 0.3) is 0 Å². The lowest BCUT2D eigenvalue weighted by Gasteiger charge is -2.19. The van der Waals surface area contributed by atoms with Gasteiger partial charge in [0, 0.05) is 36.1 Å². The summed E-state index contributed by atoms with van der Waals surface area (Å²) in [5.41, 5.74) is 0.528. The number of urea groups is 1. The first-order valence-corrected chi connectivity index (χ1v) is 9.72. The lowest BCUT2D eigenvalue weighted by Crippen LogP contribution is -2.21. The second-order valence-corrected chi connectivity index (χ2v) is 7.25. The zero-order chi connectivity index (χ0) is 22.8. The van der Waals surface area contributed by atoms with Crippen molar-refractivity contribution >= 4 is 40.0 Å². The molecule has 3 N–H and O–H groups in total. The maximum atomic E-state index is 15.3. The van der Waals surface area contributed by atoms with Gasteiger partial charge in [-0.15, -0.1) is 0 Å². The highest BCUT2D eigenvalue weighted by atomic mass is 35.5. The van der Waals surface area contributed by atoms with E-state index in [1.54, 1.807) is 6.07 Å². The molecule has 164 valence electrons. The molecule has 1 unspecified atom stereocenters. The summed E-state index contributed by atoms with van der Waals surface area (Å²) >= 11 is 6.02. The van der Waals surface area contributed by atoms with Gasteiger partial charge in [-0.1, -0.05) is 11.6 Å². The minimum atomic E-state index is -1.15. The normalized spacial score (nSPS) is 12.0. The quantitative estimate of drug-likeness (QED) is 0.341. The number of carbonyl (C=O) groups excluding carboxylic acids is 1. The summed E-state index contributed by atoms with van der Waals surface area (Å²) in [4.78, 5) is 19.3. The van der Waals surface area contributed by atoms with Crippen molar-refractivity contribution in [3.8, 4) is 0 Å². The number of hydrogen-bond acceptors (Lipinski definition) is 3. The predicted molar refractivity (Wildman–Crippen MR) is 115 cm³/mol. The molecule has 6 nitrogen and oxygen atoms in total. The number of H-pyrrole nitrogens is 1. The summed E-state index contributed by atoms with van der Waals surface area (Å²) in [5, 5.41) is 5.66. The van der Waals surface area contributed by atoms with E-state index in [0.29, 0.717) is 27.3 Å². The Bertz CT molecular complexity index is 1290. The number of nitrogens with zero attached hydrogens (tertiary/aromatic N) is 1. The molecule has 2 heterocycles. The molecule has 0 spiro atoms. The number of anilines is 2. The fourth-order valence-electron chi connectivity index (χ4n) is 3.34. The van der Waals surface area contributed by atoms with E-state index in [0.717, 1.165) is 24.3 Å². The van der Waals surface area contributed by atoms with E-state index < -0.39 is 35.2 Å². The molecule has 0 aliphatic carbocycles. The zero-order valence-electron chi connectivity index (χ0n) is 16.5. The molecule has 0 saturated heterocycles. The summed E-state index contributed by atoms with van der Waals surface area (Å²) in [6.45, 7) is 0. The van der Waals surface area contributed by atoms with E-state index in [2.05, 4.69) is 20.6 Å². The fraction of sp³-hybridized carbons (Fsp3) is 0.0909. The second kappa shape index (κ2) is 8.89. The van der Waals surface area contributed by atoms with Crippen LogP contribution in [0.5, 0.6) is 0 Å². The summed E-state index contributed by atoms with van der Waals surface area (Å²) in [5.74, 6) is -2.33. The summed E-state index contributed by atoms with van der Waals surface area (Å²) < 4.78 is 48.5. The molecule has 2 amide bonds. The van der Waals surface area contributed by atoms with Gasteiger partial charge in [-0.25, -0.2) is 22.9 Å². The Morgan fingerprint density at radius 2 is 1.88 bits per heavy atom. The van der Waals surface area contributed by atoms with E-state index in [1.165, 1.54) is 31.6 Å². The number of fused-ring (bicyclic) bond motifs is 1. The summed E-state index contributed by atoms with van der Waals surface area (Å²) in [7, 11) is 1.31. The molecule has 0 aliphatic rings. The first-order valence-electron chi connectivity index (χ1n) is 9.34. The van der Waals surface area contributed by atoms with E-state index in [1.807, 2.05) is 0 Å². The van der Waals surface area contributed by atoms with E-state index in [-0.39, 0.29) is 5.69 Å². The van der Waals surface area contributed by atoms with Crippen molar-refractivity contribution in [2.24, 2.45) is 0 Å². The number of aromatic amines is 1. The lowest BCUT2D eigenvalue weighted by atomic mass is 9.99. The SMILES string of the molecule is COC(c1c(F)ccc(NC(=O)Nc2ccc(F)cc2)c1F)c1c[nH]c2ncc(Cl)cc12. The molecule has 0 aliphatic heterocycles. The maximum absolute atomic E-state index is 15.3. The number of ether oxygens (including phenoxy) is 1. The Balaban J connectivity index is 1.66. The van der Waals surface area contributed by atoms with Gasteiger partial charge >= 0.3 is 6.03 Å². The molecule has 0 radical (unpaired) electrons. The molecule has 2 aromatic carbocycles. The van der Waals surface area contributed by atoms with Crippen LogP contribution in [-0.4, -0.2) is 23.1 Å². The molecule has 32 heavy (non-hydrogen) atoms. The van der Waals surface area contributed by atoms with Crippen molar-refractivity contribution in [1.29, 1.82) is 0 Å². The standard InChI is InChI=1S/C22H16ClF3N4O2/c1-32-20(15-10-28-21-14(15)8-11(23)9-27-21)18-16(25)6-7-17(19(18)26)30-22(31)29-13-4-2-12(24)3-5-13/h2-10,20H,1H3,(H,27,28)(H2,29,30,31). The van der Waals surface area contributed by atoms with Gasteiger partial charge < -0.3 is 20.4 Å². The Morgan fingerprint density at radius 1 is 1.12 bits per heavy atom. The van der Waals surface area contributed by atoms with E-state index in [4.69, 9.17) is 16.3 Å². The Morgan fingerprint density at radius 3 is 2.59 bits per heavy atom. The van der Waals surface area contributed by atoms with Crippen LogP contribution in [0.4, 0.5) is 29.3 Å². The highest BCUT2D eigenvalue weighted by molar-refractivity contribution is 6.31. The zero-order valence-corrected chi connectivity index (χ0v) is 17.3. The second-order valence-electron chi connectivity index (χ2n) is 6.82.